The highest BCUT2D eigenvalue weighted by atomic mass is 32.2. The maximum absolute atomic E-state index is 12.4. The summed E-state index contributed by atoms with van der Waals surface area (Å²) in [6.45, 7) is 0. The Morgan fingerprint density at radius 1 is 1.07 bits per heavy atom. The van der Waals surface area contributed by atoms with Gasteiger partial charge in [-0.05, 0) is 66.8 Å². The molecule has 0 saturated heterocycles. The topological polar surface area (TPSA) is 88.4 Å². The van der Waals surface area contributed by atoms with Crippen LogP contribution in [0.4, 0.5) is 11.4 Å². The number of aryl methyl sites for hydroxylation is 2. The molecule has 1 aliphatic carbocycles. The number of furan rings is 1. The second-order valence-electron chi connectivity index (χ2n) is 6.91. The van der Waals surface area contributed by atoms with Crippen molar-refractivity contribution in [3.05, 3.63) is 59.4 Å². The van der Waals surface area contributed by atoms with Gasteiger partial charge in [0.15, 0.2) is 0 Å². The summed E-state index contributed by atoms with van der Waals surface area (Å²) in [5, 5.41) is 3.83. The molecule has 4 rings (SSSR count). The summed E-state index contributed by atoms with van der Waals surface area (Å²) >= 11 is 0. The highest BCUT2D eigenvalue weighted by Gasteiger charge is 2.16. The van der Waals surface area contributed by atoms with Crippen LogP contribution in [0.1, 0.15) is 23.1 Å². The van der Waals surface area contributed by atoms with E-state index in [2.05, 4.69) is 22.2 Å². The van der Waals surface area contributed by atoms with Gasteiger partial charge < -0.3 is 9.73 Å². The number of fused-ring (bicyclic) bond motifs is 2. The first-order chi connectivity index (χ1) is 12.9. The Bertz CT molecular complexity index is 1110. The second-order valence-corrected chi connectivity index (χ2v) is 8.66. The first-order valence-electron chi connectivity index (χ1n) is 8.77. The molecule has 2 N–H and O–H groups in total. The monoisotopic (exact) mass is 384 g/mol. The number of sulfonamides is 1. The van der Waals surface area contributed by atoms with Crippen LogP contribution in [0, 0.1) is 0 Å². The Hall–Kier alpha value is -2.80. The molecule has 1 aromatic heterocycles. The molecule has 0 bridgehead atoms. The van der Waals surface area contributed by atoms with E-state index >= 15 is 0 Å². The largest absolute Gasteiger partial charge is 0.464 e. The van der Waals surface area contributed by atoms with Crippen LogP contribution >= 0.6 is 0 Å². The molecule has 3 aromatic rings. The minimum absolute atomic E-state index is 0.151. The van der Waals surface area contributed by atoms with Gasteiger partial charge in [0.05, 0.1) is 18.9 Å². The zero-order valence-corrected chi connectivity index (χ0v) is 15.7. The molecule has 140 valence electrons. The van der Waals surface area contributed by atoms with Gasteiger partial charge in [0.2, 0.25) is 15.9 Å². The van der Waals surface area contributed by atoms with E-state index in [1.807, 2.05) is 0 Å². The fourth-order valence-electron chi connectivity index (χ4n) is 3.50. The average Bonchev–Trinajstić information content (AvgIpc) is 3.20. The van der Waals surface area contributed by atoms with E-state index in [1.165, 1.54) is 17.5 Å². The van der Waals surface area contributed by atoms with Gasteiger partial charge in [0.25, 0.3) is 0 Å². The van der Waals surface area contributed by atoms with Crippen LogP contribution in [0.15, 0.2) is 47.1 Å². The van der Waals surface area contributed by atoms with Gasteiger partial charge in [0.1, 0.15) is 5.58 Å². The van der Waals surface area contributed by atoms with E-state index in [0.717, 1.165) is 35.6 Å². The van der Waals surface area contributed by atoms with Crippen LogP contribution in [0.25, 0.3) is 11.0 Å². The van der Waals surface area contributed by atoms with Crippen LogP contribution in [0.3, 0.4) is 0 Å². The normalized spacial score (nSPS) is 13.5. The van der Waals surface area contributed by atoms with Gasteiger partial charge in [-0.15, -0.1) is 0 Å². The summed E-state index contributed by atoms with van der Waals surface area (Å²) < 4.78 is 30.5. The number of anilines is 2. The van der Waals surface area contributed by atoms with E-state index in [0.29, 0.717) is 11.4 Å². The minimum Gasteiger partial charge on any atom is -0.464 e. The number of rotatable bonds is 5. The van der Waals surface area contributed by atoms with Crippen LogP contribution in [-0.2, 0) is 34.1 Å². The number of hydrogen-bond donors (Lipinski definition) is 2. The molecule has 0 atom stereocenters. The molecule has 1 amide bonds. The van der Waals surface area contributed by atoms with E-state index in [-0.39, 0.29) is 12.3 Å². The number of benzene rings is 2. The first-order valence-corrected chi connectivity index (χ1v) is 10.7. The summed E-state index contributed by atoms with van der Waals surface area (Å²) in [6.07, 6.45) is 6.30. The molecule has 27 heavy (non-hydrogen) atoms. The first kappa shape index (κ1) is 17.6. The van der Waals surface area contributed by atoms with Gasteiger partial charge in [-0.2, -0.15) is 0 Å². The molecule has 1 aliphatic rings. The zero-order valence-electron chi connectivity index (χ0n) is 14.9. The predicted molar refractivity (Wildman–Crippen MR) is 105 cm³/mol. The Balaban J connectivity index is 1.46. The van der Waals surface area contributed by atoms with Gasteiger partial charge in [-0.1, -0.05) is 0 Å². The Kier molecular flexibility index (Phi) is 4.39. The minimum atomic E-state index is -3.32. The van der Waals surface area contributed by atoms with Crippen molar-refractivity contribution in [3.63, 3.8) is 0 Å². The SMILES string of the molecule is CS(=O)(=O)Nc1ccc(NC(=O)Cc2coc3cc4c(cc23)CCC4)cc1. The Labute approximate surface area is 157 Å². The van der Waals surface area contributed by atoms with Crippen LogP contribution in [0.5, 0.6) is 0 Å². The fourth-order valence-corrected chi connectivity index (χ4v) is 4.06. The van der Waals surface area contributed by atoms with Gasteiger partial charge >= 0.3 is 0 Å². The van der Waals surface area contributed by atoms with Crippen molar-refractivity contribution < 1.29 is 17.6 Å². The third kappa shape index (κ3) is 3.98. The molecule has 2 aromatic carbocycles. The quantitative estimate of drug-likeness (QED) is 0.705. The Morgan fingerprint density at radius 3 is 2.44 bits per heavy atom. The molecule has 0 unspecified atom stereocenters. The highest BCUT2D eigenvalue weighted by molar-refractivity contribution is 7.92. The lowest BCUT2D eigenvalue weighted by atomic mass is 10.0. The van der Waals surface area contributed by atoms with Crippen LogP contribution in [0.2, 0.25) is 0 Å². The van der Waals surface area contributed by atoms with Crippen molar-refractivity contribution >= 4 is 38.3 Å². The van der Waals surface area contributed by atoms with Crippen LogP contribution < -0.4 is 10.0 Å². The zero-order chi connectivity index (χ0) is 19.0. The lowest BCUT2D eigenvalue weighted by molar-refractivity contribution is -0.115. The van der Waals surface area contributed by atoms with E-state index in [4.69, 9.17) is 4.42 Å². The van der Waals surface area contributed by atoms with Crippen molar-refractivity contribution in [1.29, 1.82) is 0 Å². The molecule has 0 spiro atoms. The van der Waals surface area contributed by atoms with E-state index < -0.39 is 10.0 Å². The molecular weight excluding hydrogens is 364 g/mol. The van der Waals surface area contributed by atoms with E-state index in [9.17, 15) is 13.2 Å². The van der Waals surface area contributed by atoms with Gasteiger partial charge in [-0.3, -0.25) is 9.52 Å². The molecule has 1 heterocycles. The van der Waals surface area contributed by atoms with Gasteiger partial charge in [0, 0.05) is 22.3 Å². The summed E-state index contributed by atoms with van der Waals surface area (Å²) in [4.78, 5) is 12.4. The van der Waals surface area contributed by atoms with Crippen molar-refractivity contribution in [2.45, 2.75) is 25.7 Å². The summed E-state index contributed by atoms with van der Waals surface area (Å²) in [6, 6.07) is 10.8. The average molecular weight is 384 g/mol. The predicted octanol–water partition coefficient (Wildman–Crippen LogP) is 3.47. The number of carbonyl (C=O) groups excluding carboxylic acids is 1. The third-order valence-electron chi connectivity index (χ3n) is 4.69. The van der Waals surface area contributed by atoms with Crippen molar-refractivity contribution in [2.75, 3.05) is 16.3 Å². The molecule has 7 heteroatoms. The summed E-state index contributed by atoms with van der Waals surface area (Å²) in [7, 11) is -3.32. The fraction of sp³-hybridized carbons (Fsp3) is 0.250. The van der Waals surface area contributed by atoms with Crippen molar-refractivity contribution in [1.82, 2.24) is 0 Å². The molecule has 0 saturated carbocycles. The number of hydrogen-bond acceptors (Lipinski definition) is 4. The molecule has 6 nitrogen and oxygen atoms in total. The summed E-state index contributed by atoms with van der Waals surface area (Å²) in [5.74, 6) is -0.151. The maximum Gasteiger partial charge on any atom is 0.229 e. The van der Waals surface area contributed by atoms with E-state index in [1.54, 1.807) is 30.5 Å². The second kappa shape index (κ2) is 6.74. The van der Waals surface area contributed by atoms with Crippen molar-refractivity contribution in [3.8, 4) is 0 Å². The lowest BCUT2D eigenvalue weighted by Crippen LogP contribution is -2.14. The standard InChI is InChI=1S/C20H20N2O4S/c1-27(24,25)22-17-7-5-16(6-8-17)21-20(23)11-15-12-26-19-10-14-4-2-3-13(14)9-18(15)19/h5-10,12,22H,2-4,11H2,1H3,(H,21,23). The van der Waals surface area contributed by atoms with Gasteiger partial charge in [-0.25, -0.2) is 8.42 Å². The summed E-state index contributed by atoms with van der Waals surface area (Å²) in [5.41, 5.74) is 5.44. The lowest BCUT2D eigenvalue weighted by Gasteiger charge is -2.07. The van der Waals surface area contributed by atoms with Crippen LogP contribution in [-0.4, -0.2) is 20.6 Å². The molecule has 0 radical (unpaired) electrons. The number of amides is 1. The maximum atomic E-state index is 12.4. The third-order valence-corrected chi connectivity index (χ3v) is 5.30. The highest BCUT2D eigenvalue weighted by Crippen LogP contribution is 2.30. The molecule has 0 aliphatic heterocycles. The van der Waals surface area contributed by atoms with Crippen molar-refractivity contribution in [2.24, 2.45) is 0 Å². The molecule has 0 fully saturated rings. The molecular formula is C20H20N2O4S. The Morgan fingerprint density at radius 2 is 1.74 bits per heavy atom. The number of carbonyl (C=O) groups is 1. The smallest absolute Gasteiger partial charge is 0.229 e. The number of nitrogens with one attached hydrogen (secondary N) is 2.